The van der Waals surface area contributed by atoms with E-state index in [4.69, 9.17) is 23.1 Å². The van der Waals surface area contributed by atoms with Gasteiger partial charge in [0, 0.05) is 48.7 Å². The van der Waals surface area contributed by atoms with Gasteiger partial charge in [-0.25, -0.2) is 9.97 Å². The zero-order valence-electron chi connectivity index (χ0n) is 29.0. The summed E-state index contributed by atoms with van der Waals surface area (Å²) in [5.74, 6) is 0.452. The average molecular weight is 643 g/mol. The fourth-order valence-corrected chi connectivity index (χ4v) is 10.1. The van der Waals surface area contributed by atoms with E-state index in [1.165, 1.54) is 0 Å². The highest BCUT2D eigenvalue weighted by Gasteiger charge is 2.53. The molecule has 240 valence electrons. The minimum Gasteiger partial charge on any atom is -0.414 e. The number of hydrogen-bond donors (Lipinski definition) is 0. The summed E-state index contributed by atoms with van der Waals surface area (Å²) in [6, 6.07) is 0. The van der Waals surface area contributed by atoms with Crippen LogP contribution in [0.4, 0.5) is 0 Å². The lowest BCUT2D eigenvalue weighted by molar-refractivity contribution is -0.0383. The summed E-state index contributed by atoms with van der Waals surface area (Å²) in [6.07, 6.45) is 3.44. The Morgan fingerprint density at radius 1 is 0.881 bits per heavy atom. The summed E-state index contributed by atoms with van der Waals surface area (Å²) < 4.78 is 35.4. The molecule has 1 aliphatic heterocycles. The van der Waals surface area contributed by atoms with Crippen LogP contribution in [-0.2, 0) is 13.6 Å². The van der Waals surface area contributed by atoms with Crippen LogP contribution >= 0.6 is 7.94 Å². The summed E-state index contributed by atoms with van der Waals surface area (Å²) in [5.41, 5.74) is 1.29. The Morgan fingerprint density at radius 2 is 1.43 bits per heavy atom. The van der Waals surface area contributed by atoms with Crippen LogP contribution in [0.1, 0.15) is 54.2 Å². The van der Waals surface area contributed by atoms with Crippen LogP contribution in [0.5, 0.6) is 5.88 Å². The van der Waals surface area contributed by atoms with Gasteiger partial charge in [0.25, 0.3) is 0 Å². The molecule has 0 saturated carbocycles. The molecule has 0 bridgehead atoms. The molecule has 0 radical (unpaired) electrons. The summed E-state index contributed by atoms with van der Waals surface area (Å²) in [5, 5.41) is 0.191. The number of imidazole rings is 1. The van der Waals surface area contributed by atoms with Gasteiger partial charge in [0.2, 0.25) is 0 Å². The molecule has 1 fully saturated rings. The maximum Gasteiger partial charge on any atom is 0.418 e. The largest absolute Gasteiger partial charge is 0.418 e. The lowest BCUT2D eigenvalue weighted by atomic mass is 10.2. The Labute approximate surface area is 257 Å². The van der Waals surface area contributed by atoms with Gasteiger partial charge in [-0.05, 0) is 36.3 Å². The predicted molar refractivity (Wildman–Crippen MR) is 178 cm³/mol. The van der Waals surface area contributed by atoms with E-state index in [0.29, 0.717) is 30.1 Å². The van der Waals surface area contributed by atoms with Crippen molar-refractivity contribution in [2.75, 3.05) is 48.9 Å². The normalized spacial score (nSPS) is 21.4. The van der Waals surface area contributed by atoms with E-state index in [9.17, 15) is 0 Å². The smallest absolute Gasteiger partial charge is 0.414 e. The highest BCUT2D eigenvalue weighted by atomic mass is 31.2. The second-order valence-corrected chi connectivity index (χ2v) is 28.2. The third-order valence-electron chi connectivity index (χ3n) is 9.25. The van der Waals surface area contributed by atoms with Crippen molar-refractivity contribution in [3.05, 3.63) is 12.7 Å². The van der Waals surface area contributed by atoms with Gasteiger partial charge in [-0.15, -0.1) is 14.0 Å². The first kappa shape index (κ1) is 35.5. The molecule has 0 spiro atoms. The van der Waals surface area contributed by atoms with Gasteiger partial charge in [0.05, 0.1) is 19.0 Å². The Balaban J connectivity index is 1.97. The van der Waals surface area contributed by atoms with Crippen molar-refractivity contribution in [3.63, 3.8) is 0 Å². The van der Waals surface area contributed by atoms with E-state index in [2.05, 4.69) is 91.7 Å². The highest BCUT2D eigenvalue weighted by Crippen LogP contribution is 2.64. The minimum atomic E-state index is -2.35. The van der Waals surface area contributed by atoms with Gasteiger partial charge in [-0.2, -0.15) is 4.98 Å². The van der Waals surface area contributed by atoms with Crippen LogP contribution in [0, 0.1) is 0 Å². The first-order chi connectivity index (χ1) is 19.0. The van der Waals surface area contributed by atoms with Crippen LogP contribution < -0.4 is 4.52 Å². The molecule has 42 heavy (non-hydrogen) atoms. The van der Waals surface area contributed by atoms with Gasteiger partial charge in [0.15, 0.2) is 27.8 Å². The van der Waals surface area contributed by atoms with Crippen LogP contribution in [0.15, 0.2) is 12.7 Å². The van der Waals surface area contributed by atoms with Crippen molar-refractivity contribution in [3.8, 4) is 5.88 Å². The molecule has 1 aliphatic rings. The van der Waals surface area contributed by atoms with Gasteiger partial charge < -0.3 is 13.6 Å². The number of nitrogens with zero attached hydrogens (tertiary/aromatic N) is 7. The topological polar surface area (TPSA) is 90.2 Å². The van der Waals surface area contributed by atoms with Crippen molar-refractivity contribution >= 4 is 35.7 Å². The Hall–Kier alpha value is -1.03. The summed E-state index contributed by atoms with van der Waals surface area (Å²) in [6.45, 7) is 23.3. The zero-order chi connectivity index (χ0) is 32.1. The van der Waals surface area contributed by atoms with Crippen molar-refractivity contribution in [2.45, 2.75) is 103 Å². The van der Waals surface area contributed by atoms with Crippen LogP contribution in [0.25, 0.3) is 11.2 Å². The molecule has 11 nitrogen and oxygen atoms in total. The molecular weight excluding hydrogens is 585 g/mol. The van der Waals surface area contributed by atoms with Crippen molar-refractivity contribution in [1.82, 2.24) is 33.5 Å². The molecule has 3 heterocycles. The maximum absolute atomic E-state index is 6.98. The third-order valence-corrected chi connectivity index (χ3v) is 21.8. The SMILES string of the molecule is CN(C)[P+](Oc1ncnc2c1ncn2[C@H]1C[C@H](O[Si](C)(C)C(C)(C)C)[C@@H](CO[Si](C)(C)C(C)(C)C)O1)(N(C)C)N(C)C. The van der Waals surface area contributed by atoms with Gasteiger partial charge in [0.1, 0.15) is 18.7 Å². The van der Waals surface area contributed by atoms with Gasteiger partial charge in [-0.3, -0.25) is 9.09 Å². The lowest BCUT2D eigenvalue weighted by Crippen LogP contribution is -2.48. The van der Waals surface area contributed by atoms with Crippen LogP contribution in [0.3, 0.4) is 0 Å². The first-order valence-electron chi connectivity index (χ1n) is 14.8. The second kappa shape index (κ2) is 12.4. The Kier molecular flexibility index (Phi) is 10.5. The Morgan fingerprint density at radius 3 is 1.93 bits per heavy atom. The predicted octanol–water partition coefficient (Wildman–Crippen LogP) is 6.27. The minimum absolute atomic E-state index is 0.0814. The van der Waals surface area contributed by atoms with Gasteiger partial charge >= 0.3 is 13.8 Å². The molecule has 0 unspecified atom stereocenters. The number of hydrogen-bond acceptors (Lipinski definition) is 10. The number of aromatic nitrogens is 4. The number of fused-ring (bicyclic) bond motifs is 1. The molecule has 0 amide bonds. The second-order valence-electron chi connectivity index (χ2n) is 15.0. The molecule has 0 aromatic carbocycles. The highest BCUT2D eigenvalue weighted by molar-refractivity contribution is 7.64. The Bertz CT molecular complexity index is 1190. The zero-order valence-corrected chi connectivity index (χ0v) is 31.9. The van der Waals surface area contributed by atoms with Crippen LogP contribution in [0.2, 0.25) is 36.3 Å². The third kappa shape index (κ3) is 6.94. The van der Waals surface area contributed by atoms with E-state index < -0.39 is 24.6 Å². The summed E-state index contributed by atoms with van der Waals surface area (Å²) in [7, 11) is 5.72. The molecule has 14 heteroatoms. The van der Waals surface area contributed by atoms with Crippen LogP contribution in [-0.4, -0.2) is 111 Å². The van der Waals surface area contributed by atoms with E-state index in [0.717, 1.165) is 0 Å². The molecule has 3 atom stereocenters. The fraction of sp³-hybridized carbons (Fsp3) is 0.821. The van der Waals surface area contributed by atoms with Crippen molar-refractivity contribution in [1.29, 1.82) is 0 Å². The molecule has 2 aromatic rings. The molecular formula is C28H57N7O4PSi2+. The van der Waals surface area contributed by atoms with Crippen molar-refractivity contribution < 1.29 is 18.1 Å². The molecule has 1 saturated heterocycles. The quantitative estimate of drug-likeness (QED) is 0.206. The van der Waals surface area contributed by atoms with Crippen molar-refractivity contribution in [2.24, 2.45) is 0 Å². The van der Waals surface area contributed by atoms with E-state index in [-0.39, 0.29) is 28.5 Å². The number of rotatable bonds is 11. The average Bonchev–Trinajstić information content (AvgIpc) is 3.43. The van der Waals surface area contributed by atoms with E-state index in [1.54, 1.807) is 12.7 Å². The monoisotopic (exact) mass is 642 g/mol. The first-order valence-corrected chi connectivity index (χ1v) is 22.2. The molecule has 0 aliphatic carbocycles. The summed E-state index contributed by atoms with van der Waals surface area (Å²) >= 11 is 0. The van der Waals surface area contributed by atoms with E-state index >= 15 is 0 Å². The fourth-order valence-electron chi connectivity index (χ4n) is 4.75. The number of ether oxygens (including phenoxy) is 1. The van der Waals surface area contributed by atoms with Gasteiger partial charge in [-0.1, -0.05) is 41.5 Å². The molecule has 0 N–H and O–H groups in total. The summed E-state index contributed by atoms with van der Waals surface area (Å²) in [4.78, 5) is 13.9. The standard InChI is InChI=1S/C28H57N7O4PSi2/c1-27(2,3)41(13,14)36-18-22-21(39-42(15,16)28(4,5)6)17-23(37-22)35-20-31-24-25(35)29-19-30-26(24)38-40(32(7)8,33(9)10)34(11)12/h19-23H,17-18H2,1-16H3/q+1/t21-,22+,23+/m0/s1. The lowest BCUT2D eigenvalue weighted by Gasteiger charge is -2.40. The maximum atomic E-state index is 6.98. The van der Waals surface area contributed by atoms with E-state index in [1.807, 2.05) is 46.9 Å². The molecule has 2 aromatic heterocycles. The molecule has 3 rings (SSSR count).